The Morgan fingerprint density at radius 2 is 1.80 bits per heavy atom. The molecule has 3 rings (SSSR count). The van der Waals surface area contributed by atoms with Crippen LogP contribution in [0, 0.1) is 20.8 Å². The van der Waals surface area contributed by atoms with Gasteiger partial charge in [0.05, 0.1) is 11.4 Å². The summed E-state index contributed by atoms with van der Waals surface area (Å²) in [5.41, 5.74) is 4.20. The van der Waals surface area contributed by atoms with Gasteiger partial charge in [-0.3, -0.25) is 9.59 Å². The summed E-state index contributed by atoms with van der Waals surface area (Å²) < 4.78 is 5.09. The number of carbonyl (C=O) groups is 3. The van der Waals surface area contributed by atoms with Gasteiger partial charge in [-0.1, -0.05) is 29.8 Å². The van der Waals surface area contributed by atoms with E-state index in [9.17, 15) is 14.4 Å². The van der Waals surface area contributed by atoms with Crippen molar-refractivity contribution in [2.45, 2.75) is 27.7 Å². The van der Waals surface area contributed by atoms with E-state index in [2.05, 4.69) is 15.5 Å². The van der Waals surface area contributed by atoms with Crippen molar-refractivity contribution in [3.05, 3.63) is 70.5 Å². The second-order valence-corrected chi connectivity index (χ2v) is 6.97. The number of carbonyl (C=O) groups excluding carboxylic acids is 3. The minimum absolute atomic E-state index is 0.0429. The van der Waals surface area contributed by atoms with Crippen LogP contribution in [-0.2, 0) is 9.53 Å². The molecule has 0 saturated heterocycles. The van der Waals surface area contributed by atoms with Gasteiger partial charge in [0.1, 0.15) is 0 Å². The van der Waals surface area contributed by atoms with Gasteiger partial charge in [0.25, 0.3) is 5.91 Å². The van der Waals surface area contributed by atoms with Gasteiger partial charge in [0, 0.05) is 11.3 Å². The number of ether oxygens (including phenoxy) is 1. The molecule has 8 nitrogen and oxygen atoms in total. The van der Waals surface area contributed by atoms with Crippen molar-refractivity contribution in [1.29, 1.82) is 0 Å². The van der Waals surface area contributed by atoms with Gasteiger partial charge in [-0.05, 0) is 51.5 Å². The third-order valence-corrected chi connectivity index (χ3v) is 4.43. The summed E-state index contributed by atoms with van der Waals surface area (Å²) >= 11 is 0. The second kappa shape index (κ2) is 8.69. The minimum atomic E-state index is -0.740. The Morgan fingerprint density at radius 3 is 2.50 bits per heavy atom. The van der Waals surface area contributed by atoms with E-state index in [-0.39, 0.29) is 11.5 Å². The summed E-state index contributed by atoms with van der Waals surface area (Å²) in [4.78, 5) is 37.3. The van der Waals surface area contributed by atoms with E-state index in [0.717, 1.165) is 16.8 Å². The molecule has 1 amide bonds. The Labute approximate surface area is 173 Å². The molecular weight excluding hydrogens is 384 g/mol. The largest absolute Gasteiger partial charge is 0.451 e. The first-order valence-corrected chi connectivity index (χ1v) is 9.34. The van der Waals surface area contributed by atoms with E-state index in [1.807, 2.05) is 32.0 Å². The number of amides is 1. The number of rotatable bonds is 6. The lowest BCUT2D eigenvalue weighted by Crippen LogP contribution is -2.21. The second-order valence-electron chi connectivity index (χ2n) is 6.97. The maximum atomic E-state index is 12.4. The van der Waals surface area contributed by atoms with Crippen molar-refractivity contribution in [3.8, 4) is 5.69 Å². The number of aromatic nitrogens is 3. The van der Waals surface area contributed by atoms with Gasteiger partial charge in [0.15, 0.2) is 18.1 Å². The van der Waals surface area contributed by atoms with Crippen LogP contribution in [-0.4, -0.2) is 39.3 Å². The maximum Gasteiger partial charge on any atom is 0.361 e. The summed E-state index contributed by atoms with van der Waals surface area (Å²) in [6.07, 6.45) is 0. The summed E-state index contributed by atoms with van der Waals surface area (Å²) in [5.74, 6) is -1.38. The molecule has 154 valence electrons. The van der Waals surface area contributed by atoms with E-state index >= 15 is 0 Å². The zero-order valence-corrected chi connectivity index (χ0v) is 17.2. The molecule has 1 heterocycles. The van der Waals surface area contributed by atoms with Gasteiger partial charge in [-0.25, -0.2) is 4.79 Å². The molecule has 1 N–H and O–H groups in total. The zero-order valence-electron chi connectivity index (χ0n) is 17.2. The predicted octanol–water partition coefficient (Wildman–Crippen LogP) is 3.19. The number of benzene rings is 2. The lowest BCUT2D eigenvalue weighted by molar-refractivity contribution is -0.119. The van der Waals surface area contributed by atoms with Crippen molar-refractivity contribution in [3.63, 3.8) is 0 Å². The van der Waals surface area contributed by atoms with Gasteiger partial charge in [0.2, 0.25) is 0 Å². The standard InChI is InChI=1S/C22H22N4O4/c1-13-8-9-19(14(2)10-13)26-24-15(3)21(25-26)22(29)30-12-20(28)23-18-7-5-6-17(11-18)16(4)27/h5-11H,12H2,1-4H3,(H,23,28). The van der Waals surface area contributed by atoms with Crippen LogP contribution in [0.15, 0.2) is 42.5 Å². The van der Waals surface area contributed by atoms with Crippen LogP contribution in [0.25, 0.3) is 5.69 Å². The average Bonchev–Trinajstić information content (AvgIpc) is 3.07. The molecule has 0 radical (unpaired) electrons. The number of hydrogen-bond acceptors (Lipinski definition) is 6. The molecule has 0 atom stereocenters. The van der Waals surface area contributed by atoms with E-state index in [1.165, 1.54) is 11.7 Å². The monoisotopic (exact) mass is 406 g/mol. The van der Waals surface area contributed by atoms with Crippen molar-refractivity contribution < 1.29 is 19.1 Å². The summed E-state index contributed by atoms with van der Waals surface area (Å²) in [5, 5.41) is 11.1. The van der Waals surface area contributed by atoms with Crippen molar-refractivity contribution in [2.75, 3.05) is 11.9 Å². The topological polar surface area (TPSA) is 103 Å². The smallest absolute Gasteiger partial charge is 0.361 e. The van der Waals surface area contributed by atoms with E-state index in [0.29, 0.717) is 16.9 Å². The minimum Gasteiger partial charge on any atom is -0.451 e. The van der Waals surface area contributed by atoms with Crippen LogP contribution >= 0.6 is 0 Å². The van der Waals surface area contributed by atoms with Crippen molar-refractivity contribution in [1.82, 2.24) is 15.0 Å². The molecule has 0 aliphatic rings. The van der Waals surface area contributed by atoms with E-state index in [1.54, 1.807) is 31.2 Å². The highest BCUT2D eigenvalue weighted by Gasteiger charge is 2.19. The Balaban J connectivity index is 1.65. The number of aryl methyl sites for hydroxylation is 3. The number of hydrogen-bond donors (Lipinski definition) is 1. The van der Waals surface area contributed by atoms with Crippen LogP contribution in [0.1, 0.15) is 44.6 Å². The number of nitrogens with one attached hydrogen (secondary N) is 1. The van der Waals surface area contributed by atoms with Gasteiger partial charge >= 0.3 is 5.97 Å². The number of ketones is 1. The van der Waals surface area contributed by atoms with Crippen molar-refractivity contribution >= 4 is 23.3 Å². The number of Topliss-reactive ketones (excluding diaryl/α,β-unsaturated/α-hetero) is 1. The van der Waals surface area contributed by atoms with Crippen LogP contribution < -0.4 is 5.32 Å². The highest BCUT2D eigenvalue weighted by molar-refractivity contribution is 5.98. The maximum absolute atomic E-state index is 12.4. The molecule has 0 saturated carbocycles. The molecule has 0 aliphatic carbocycles. The SMILES string of the molecule is CC(=O)c1cccc(NC(=O)COC(=O)c2nn(-c3ccc(C)cc3C)nc2C)c1. The quantitative estimate of drug-likeness (QED) is 0.498. The Kier molecular flexibility index (Phi) is 6.06. The fourth-order valence-electron chi connectivity index (χ4n) is 2.92. The molecule has 0 aliphatic heterocycles. The molecule has 0 unspecified atom stereocenters. The van der Waals surface area contributed by atoms with E-state index < -0.39 is 18.5 Å². The summed E-state index contributed by atoms with van der Waals surface area (Å²) in [6.45, 7) is 6.53. The predicted molar refractivity (Wildman–Crippen MR) is 111 cm³/mol. The summed E-state index contributed by atoms with van der Waals surface area (Å²) in [7, 11) is 0. The third-order valence-electron chi connectivity index (χ3n) is 4.43. The molecular formula is C22H22N4O4. The Morgan fingerprint density at radius 1 is 1.03 bits per heavy atom. The van der Waals surface area contributed by atoms with Crippen molar-refractivity contribution in [2.24, 2.45) is 0 Å². The van der Waals surface area contributed by atoms with Crippen LogP contribution in [0.3, 0.4) is 0 Å². The molecule has 30 heavy (non-hydrogen) atoms. The molecule has 0 fully saturated rings. The lowest BCUT2D eigenvalue weighted by atomic mass is 10.1. The Bertz CT molecular complexity index is 1130. The molecule has 1 aromatic heterocycles. The first-order valence-electron chi connectivity index (χ1n) is 9.34. The van der Waals surface area contributed by atoms with Crippen LogP contribution in [0.4, 0.5) is 5.69 Å². The van der Waals surface area contributed by atoms with Gasteiger partial charge in [-0.15, -0.1) is 5.10 Å². The molecule has 3 aromatic rings. The Hall–Kier alpha value is -3.81. The third kappa shape index (κ3) is 4.78. The number of anilines is 1. The van der Waals surface area contributed by atoms with E-state index in [4.69, 9.17) is 4.74 Å². The fraction of sp³-hybridized carbons (Fsp3) is 0.227. The molecule has 0 bridgehead atoms. The molecule has 0 spiro atoms. The van der Waals surface area contributed by atoms with Crippen LogP contribution in [0.5, 0.6) is 0 Å². The van der Waals surface area contributed by atoms with Gasteiger partial charge < -0.3 is 10.1 Å². The highest BCUT2D eigenvalue weighted by Crippen LogP contribution is 2.16. The number of esters is 1. The molecule has 2 aromatic carbocycles. The molecule has 8 heteroatoms. The van der Waals surface area contributed by atoms with Crippen LogP contribution in [0.2, 0.25) is 0 Å². The fourth-order valence-corrected chi connectivity index (χ4v) is 2.92. The zero-order chi connectivity index (χ0) is 21.8. The average molecular weight is 406 g/mol. The summed E-state index contributed by atoms with van der Waals surface area (Å²) in [6, 6.07) is 12.3. The van der Waals surface area contributed by atoms with Gasteiger partial charge in [-0.2, -0.15) is 9.90 Å². The number of nitrogens with zero attached hydrogens (tertiary/aromatic N) is 3. The first kappa shape index (κ1) is 20.9. The first-order chi connectivity index (χ1) is 14.2. The highest BCUT2D eigenvalue weighted by atomic mass is 16.5. The lowest BCUT2D eigenvalue weighted by Gasteiger charge is -2.07. The normalized spacial score (nSPS) is 10.5.